The Hall–Kier alpha value is -1.23. The van der Waals surface area contributed by atoms with Gasteiger partial charge in [-0.3, -0.25) is 4.79 Å². The van der Waals surface area contributed by atoms with E-state index in [0.717, 1.165) is 0 Å². The summed E-state index contributed by atoms with van der Waals surface area (Å²) >= 11 is 0. The lowest BCUT2D eigenvalue weighted by Gasteiger charge is -2.18. The van der Waals surface area contributed by atoms with Gasteiger partial charge in [0, 0.05) is 7.05 Å². The number of ketones is 1. The highest BCUT2D eigenvalue weighted by atomic mass is 16.3. The summed E-state index contributed by atoms with van der Waals surface area (Å²) in [7, 11) is 1.62. The first kappa shape index (κ1) is 9.85. The molecule has 0 aliphatic heterocycles. The molecule has 0 amide bonds. The summed E-state index contributed by atoms with van der Waals surface area (Å²) in [4.78, 5) is 11.6. The first-order valence-electron chi connectivity index (χ1n) is 4.11. The minimum absolute atomic E-state index is 0.326. The van der Waals surface area contributed by atoms with Gasteiger partial charge in [-0.05, 0) is 13.3 Å². The van der Waals surface area contributed by atoms with Gasteiger partial charge in [-0.25, -0.2) is 4.68 Å². The number of aromatic nitrogens is 3. The minimum Gasteiger partial charge on any atom is -0.382 e. The minimum atomic E-state index is -1.32. The quantitative estimate of drug-likeness (QED) is 0.678. The van der Waals surface area contributed by atoms with Crippen LogP contribution in [-0.2, 0) is 7.05 Å². The van der Waals surface area contributed by atoms with E-state index in [0.29, 0.717) is 12.1 Å². The topological polar surface area (TPSA) is 68.0 Å². The van der Waals surface area contributed by atoms with E-state index in [2.05, 4.69) is 10.3 Å². The van der Waals surface area contributed by atoms with Gasteiger partial charge in [0.25, 0.3) is 0 Å². The molecule has 0 aliphatic carbocycles. The standard InChI is InChI=1S/C8H13N3O2/c1-4-8(2,13)7(12)6-5-9-10-11(6)3/h5,13H,4H2,1-3H3. The molecule has 1 aromatic rings. The molecule has 0 spiro atoms. The van der Waals surface area contributed by atoms with Crippen molar-refractivity contribution in [1.82, 2.24) is 15.0 Å². The van der Waals surface area contributed by atoms with Crippen LogP contribution in [0.4, 0.5) is 0 Å². The fraction of sp³-hybridized carbons (Fsp3) is 0.625. The SMILES string of the molecule is CCC(C)(O)C(=O)c1cnnn1C. The zero-order valence-electron chi connectivity index (χ0n) is 7.98. The molecule has 1 unspecified atom stereocenters. The van der Waals surface area contributed by atoms with Crippen LogP contribution in [0.2, 0.25) is 0 Å². The van der Waals surface area contributed by atoms with Crippen molar-refractivity contribution in [1.29, 1.82) is 0 Å². The molecular formula is C8H13N3O2. The third kappa shape index (κ3) is 1.75. The molecule has 1 rings (SSSR count). The van der Waals surface area contributed by atoms with E-state index in [4.69, 9.17) is 0 Å². The summed E-state index contributed by atoms with van der Waals surface area (Å²) in [6, 6.07) is 0. The molecule has 1 atom stereocenters. The molecule has 0 fully saturated rings. The van der Waals surface area contributed by atoms with Crippen LogP contribution < -0.4 is 0 Å². The molecule has 1 N–H and O–H groups in total. The molecule has 72 valence electrons. The van der Waals surface area contributed by atoms with Crippen molar-refractivity contribution in [3.05, 3.63) is 11.9 Å². The zero-order valence-corrected chi connectivity index (χ0v) is 7.98. The van der Waals surface area contributed by atoms with E-state index in [1.807, 2.05) is 0 Å². The monoisotopic (exact) mass is 183 g/mol. The molecule has 0 aliphatic rings. The summed E-state index contributed by atoms with van der Waals surface area (Å²) in [5.74, 6) is -0.345. The molecule has 0 bridgehead atoms. The lowest BCUT2D eigenvalue weighted by Crippen LogP contribution is -2.35. The summed E-state index contributed by atoms with van der Waals surface area (Å²) in [6.07, 6.45) is 1.73. The smallest absolute Gasteiger partial charge is 0.213 e. The van der Waals surface area contributed by atoms with Crippen molar-refractivity contribution < 1.29 is 9.90 Å². The number of carbonyl (C=O) groups is 1. The molecule has 0 saturated heterocycles. The number of aliphatic hydroxyl groups is 1. The van der Waals surface area contributed by atoms with Gasteiger partial charge in [0.2, 0.25) is 5.78 Å². The van der Waals surface area contributed by atoms with Crippen molar-refractivity contribution in [2.24, 2.45) is 7.05 Å². The molecule has 1 heterocycles. The molecule has 0 radical (unpaired) electrons. The number of nitrogens with zero attached hydrogens (tertiary/aromatic N) is 3. The Bertz CT molecular complexity index is 317. The highest BCUT2D eigenvalue weighted by molar-refractivity contribution is 6.00. The van der Waals surface area contributed by atoms with E-state index in [9.17, 15) is 9.90 Å². The van der Waals surface area contributed by atoms with Gasteiger partial charge < -0.3 is 5.11 Å². The van der Waals surface area contributed by atoms with E-state index in [1.54, 1.807) is 14.0 Å². The average Bonchev–Trinajstić information content (AvgIpc) is 2.50. The average molecular weight is 183 g/mol. The molecule has 0 aromatic carbocycles. The number of hydrogen-bond acceptors (Lipinski definition) is 4. The van der Waals surface area contributed by atoms with Crippen LogP contribution in [0.1, 0.15) is 30.8 Å². The van der Waals surface area contributed by atoms with E-state index in [1.165, 1.54) is 17.8 Å². The first-order valence-corrected chi connectivity index (χ1v) is 4.11. The third-order valence-electron chi connectivity index (χ3n) is 2.12. The summed E-state index contributed by atoms with van der Waals surface area (Å²) in [5.41, 5.74) is -0.998. The molecule has 1 aromatic heterocycles. The second kappa shape index (κ2) is 3.26. The molecule has 5 heteroatoms. The number of aryl methyl sites for hydroxylation is 1. The van der Waals surface area contributed by atoms with Gasteiger partial charge >= 0.3 is 0 Å². The lowest BCUT2D eigenvalue weighted by molar-refractivity contribution is 0.0380. The zero-order chi connectivity index (χ0) is 10.1. The summed E-state index contributed by atoms with van der Waals surface area (Å²) < 4.78 is 1.35. The van der Waals surface area contributed by atoms with Crippen LogP contribution in [0.5, 0.6) is 0 Å². The fourth-order valence-electron chi connectivity index (χ4n) is 0.932. The lowest BCUT2D eigenvalue weighted by atomic mass is 9.96. The highest BCUT2D eigenvalue weighted by Crippen LogP contribution is 2.15. The van der Waals surface area contributed by atoms with E-state index < -0.39 is 5.60 Å². The molecule has 0 saturated carbocycles. The Kier molecular flexibility index (Phi) is 2.47. The number of rotatable bonds is 3. The Morgan fingerprint density at radius 1 is 1.77 bits per heavy atom. The maximum absolute atomic E-state index is 11.6. The summed E-state index contributed by atoms with van der Waals surface area (Å²) in [6.45, 7) is 3.24. The Morgan fingerprint density at radius 3 is 2.77 bits per heavy atom. The Labute approximate surface area is 76.4 Å². The number of hydrogen-bond donors (Lipinski definition) is 1. The normalized spacial score (nSPS) is 15.4. The van der Waals surface area contributed by atoms with Crippen LogP contribution >= 0.6 is 0 Å². The third-order valence-corrected chi connectivity index (χ3v) is 2.12. The van der Waals surface area contributed by atoms with Crippen molar-refractivity contribution in [2.45, 2.75) is 25.9 Å². The van der Waals surface area contributed by atoms with Gasteiger partial charge in [-0.2, -0.15) is 0 Å². The largest absolute Gasteiger partial charge is 0.382 e. The Balaban J connectivity index is 2.98. The number of carbonyl (C=O) groups excluding carboxylic acids is 1. The maximum Gasteiger partial charge on any atom is 0.213 e. The molecule has 13 heavy (non-hydrogen) atoms. The first-order chi connectivity index (χ1) is 5.99. The maximum atomic E-state index is 11.6. The van der Waals surface area contributed by atoms with Gasteiger partial charge in [-0.15, -0.1) is 5.10 Å². The molecule has 5 nitrogen and oxygen atoms in total. The Morgan fingerprint density at radius 2 is 2.38 bits per heavy atom. The summed E-state index contributed by atoms with van der Waals surface area (Å²) in [5, 5.41) is 16.9. The predicted molar refractivity (Wildman–Crippen MR) is 46.2 cm³/mol. The fourth-order valence-corrected chi connectivity index (χ4v) is 0.932. The van der Waals surface area contributed by atoms with Gasteiger partial charge in [0.05, 0.1) is 6.20 Å². The van der Waals surface area contributed by atoms with Crippen LogP contribution in [-0.4, -0.2) is 31.5 Å². The van der Waals surface area contributed by atoms with E-state index in [-0.39, 0.29) is 5.78 Å². The highest BCUT2D eigenvalue weighted by Gasteiger charge is 2.31. The van der Waals surface area contributed by atoms with Crippen LogP contribution in [0.3, 0.4) is 0 Å². The van der Waals surface area contributed by atoms with Crippen LogP contribution in [0.25, 0.3) is 0 Å². The van der Waals surface area contributed by atoms with Crippen molar-refractivity contribution in [2.75, 3.05) is 0 Å². The van der Waals surface area contributed by atoms with E-state index >= 15 is 0 Å². The second-order valence-corrected chi connectivity index (χ2v) is 3.20. The number of Topliss-reactive ketones (excluding diaryl/α,β-unsaturated/α-hetero) is 1. The predicted octanol–water partition coefficient (Wildman–Crippen LogP) is 0.159. The van der Waals surface area contributed by atoms with Gasteiger partial charge in [0.15, 0.2) is 0 Å². The molecular weight excluding hydrogens is 170 g/mol. The van der Waals surface area contributed by atoms with Crippen molar-refractivity contribution in [3.8, 4) is 0 Å². The van der Waals surface area contributed by atoms with Crippen LogP contribution in [0, 0.1) is 0 Å². The van der Waals surface area contributed by atoms with Crippen LogP contribution in [0.15, 0.2) is 6.20 Å². The van der Waals surface area contributed by atoms with Crippen molar-refractivity contribution >= 4 is 5.78 Å². The van der Waals surface area contributed by atoms with Gasteiger partial charge in [0.1, 0.15) is 11.3 Å². The van der Waals surface area contributed by atoms with Crippen molar-refractivity contribution in [3.63, 3.8) is 0 Å². The second-order valence-electron chi connectivity index (χ2n) is 3.20. The van der Waals surface area contributed by atoms with Gasteiger partial charge in [-0.1, -0.05) is 12.1 Å².